The van der Waals surface area contributed by atoms with Crippen molar-refractivity contribution in [2.45, 2.75) is 81.0 Å². The summed E-state index contributed by atoms with van der Waals surface area (Å²) in [4.78, 5) is 13.7. The van der Waals surface area contributed by atoms with E-state index in [0.29, 0.717) is 68.6 Å². The second-order valence-corrected chi connectivity index (χ2v) is 13.8. The molecule has 2 aromatic carbocycles. The van der Waals surface area contributed by atoms with Gasteiger partial charge in [0, 0.05) is 48.9 Å². The summed E-state index contributed by atoms with van der Waals surface area (Å²) >= 11 is 0. The molecule has 2 aliphatic heterocycles. The third-order valence-corrected chi connectivity index (χ3v) is 11.4. The number of piperazine rings is 1. The number of rotatable bonds is 8. The zero-order valence-electron chi connectivity index (χ0n) is 23.5. The van der Waals surface area contributed by atoms with E-state index in [1.807, 2.05) is 0 Å². The molecule has 8 nitrogen and oxygen atoms in total. The van der Waals surface area contributed by atoms with Crippen LogP contribution in [0.5, 0.6) is 0 Å². The van der Waals surface area contributed by atoms with Crippen LogP contribution >= 0.6 is 10.8 Å². The maximum absolute atomic E-state index is 15.2. The van der Waals surface area contributed by atoms with E-state index in [0.717, 1.165) is 18.4 Å². The van der Waals surface area contributed by atoms with Crippen molar-refractivity contribution in [2.24, 2.45) is 5.73 Å². The van der Waals surface area contributed by atoms with E-state index in [4.69, 9.17) is 10.5 Å². The Bertz CT molecular complexity index is 1210. The van der Waals surface area contributed by atoms with Gasteiger partial charge >= 0.3 is 0 Å². The topological polar surface area (TPSA) is 120 Å². The predicted molar refractivity (Wildman–Crippen MR) is 158 cm³/mol. The Labute approximate surface area is 242 Å². The first-order valence-corrected chi connectivity index (χ1v) is 16.2. The average Bonchev–Trinajstić information content (AvgIpc) is 3.08. The van der Waals surface area contributed by atoms with Crippen molar-refractivity contribution >= 4 is 22.4 Å². The van der Waals surface area contributed by atoms with Gasteiger partial charge in [-0.15, -0.1) is 10.8 Å². The number of hydrogen-bond donors (Lipinski definition) is 5. The van der Waals surface area contributed by atoms with Crippen molar-refractivity contribution in [3.05, 3.63) is 65.2 Å². The SMILES string of the molecule is COC1CCC(c2ccc(F)cc2)([C@H](N)C(=O)Nc2cccc(F)c2CC[C@H]2CN[C@@H]3CCCS(O)(O)N2C3)CC1. The van der Waals surface area contributed by atoms with Crippen molar-refractivity contribution in [1.82, 2.24) is 9.62 Å². The third-order valence-electron chi connectivity index (χ3n) is 9.36. The molecule has 2 saturated heterocycles. The molecule has 1 amide bonds. The monoisotopic (exact) mass is 592 g/mol. The van der Waals surface area contributed by atoms with Gasteiger partial charge in [-0.1, -0.05) is 18.2 Å². The lowest BCUT2D eigenvalue weighted by Gasteiger charge is -2.49. The summed E-state index contributed by atoms with van der Waals surface area (Å²) in [5, 5.41) is 6.40. The molecule has 1 saturated carbocycles. The summed E-state index contributed by atoms with van der Waals surface area (Å²) in [6, 6.07) is 9.85. The van der Waals surface area contributed by atoms with E-state index >= 15 is 4.39 Å². The average molecular weight is 593 g/mol. The van der Waals surface area contributed by atoms with Gasteiger partial charge in [-0.3, -0.25) is 13.9 Å². The molecule has 2 aromatic rings. The van der Waals surface area contributed by atoms with Gasteiger partial charge in [-0.25, -0.2) is 13.1 Å². The van der Waals surface area contributed by atoms with E-state index in [1.165, 1.54) is 18.2 Å². The lowest BCUT2D eigenvalue weighted by molar-refractivity contribution is -0.119. The molecular formula is C30H42F2N4O4S. The molecule has 3 aliphatic rings. The van der Waals surface area contributed by atoms with Crippen LogP contribution in [0.4, 0.5) is 14.5 Å². The molecular weight excluding hydrogens is 550 g/mol. The molecule has 3 fully saturated rings. The number of nitrogens with zero attached hydrogens (tertiary/aromatic N) is 1. The van der Waals surface area contributed by atoms with Crippen LogP contribution in [0.15, 0.2) is 42.5 Å². The minimum atomic E-state index is -2.87. The van der Waals surface area contributed by atoms with E-state index in [-0.39, 0.29) is 24.0 Å². The number of amides is 1. The zero-order chi connectivity index (χ0) is 29.2. The number of benzene rings is 2. The maximum atomic E-state index is 15.2. The van der Waals surface area contributed by atoms with Crippen LogP contribution in [0.1, 0.15) is 56.1 Å². The maximum Gasteiger partial charge on any atom is 0.242 e. The van der Waals surface area contributed by atoms with Gasteiger partial charge in [-0.2, -0.15) is 0 Å². The molecule has 4 atom stereocenters. The molecule has 6 N–H and O–H groups in total. The highest BCUT2D eigenvalue weighted by Crippen LogP contribution is 2.49. The van der Waals surface area contributed by atoms with Crippen LogP contribution in [0, 0.1) is 11.6 Å². The summed E-state index contributed by atoms with van der Waals surface area (Å²) < 4.78 is 57.9. The Morgan fingerprint density at radius 3 is 2.63 bits per heavy atom. The highest BCUT2D eigenvalue weighted by Gasteiger charge is 2.45. The highest BCUT2D eigenvalue weighted by atomic mass is 32.3. The zero-order valence-corrected chi connectivity index (χ0v) is 24.3. The summed E-state index contributed by atoms with van der Waals surface area (Å²) in [6.45, 7) is 1.14. The van der Waals surface area contributed by atoms with Crippen LogP contribution in [0.25, 0.3) is 0 Å². The van der Waals surface area contributed by atoms with Crippen molar-refractivity contribution in [2.75, 3.05) is 31.3 Å². The first-order valence-electron chi connectivity index (χ1n) is 14.5. The Hall–Kier alpha value is -2.12. The van der Waals surface area contributed by atoms with Gasteiger partial charge in [0.15, 0.2) is 0 Å². The number of nitrogens with two attached hydrogens (primary N) is 1. The molecule has 0 spiro atoms. The standard InChI is InChI=1S/C30H42F2N4O4S/c1-40-24-13-15-30(16-14-24,20-7-9-21(31)10-8-20)28(33)29(37)35-27-6-2-5-26(32)25(27)12-11-23-18-34-22-4-3-17-41(38,39)36(23)19-22/h2,5-10,22-24,28,34,38-39H,3-4,11-19,33H2,1H3,(H,35,37)/t22-,23+,24?,28-,30?/m1/s1. The highest BCUT2D eigenvalue weighted by molar-refractivity contribution is 8.22. The number of carbonyl (C=O) groups excluding carboxylic acids is 1. The minimum absolute atomic E-state index is 0.0702. The number of nitrogens with one attached hydrogen (secondary N) is 2. The van der Waals surface area contributed by atoms with Gasteiger partial charge in [0.1, 0.15) is 11.6 Å². The number of fused-ring (bicyclic) bond motifs is 2. The van der Waals surface area contributed by atoms with Gasteiger partial charge in [0.2, 0.25) is 5.91 Å². The van der Waals surface area contributed by atoms with Gasteiger partial charge < -0.3 is 21.1 Å². The lowest BCUT2D eigenvalue weighted by Crippen LogP contribution is -2.55. The Balaban J connectivity index is 1.34. The molecule has 0 aromatic heterocycles. The smallest absolute Gasteiger partial charge is 0.242 e. The van der Waals surface area contributed by atoms with Gasteiger partial charge in [0.25, 0.3) is 0 Å². The van der Waals surface area contributed by atoms with Crippen LogP contribution in [-0.4, -0.2) is 69.5 Å². The number of ether oxygens (including phenoxy) is 1. The largest absolute Gasteiger partial charge is 0.381 e. The number of anilines is 1. The first kappa shape index (κ1) is 30.3. The predicted octanol–water partition coefficient (Wildman–Crippen LogP) is 4.79. The van der Waals surface area contributed by atoms with Crippen molar-refractivity contribution in [3.8, 4) is 0 Å². The summed E-state index contributed by atoms with van der Waals surface area (Å²) in [6.07, 6.45) is 5.13. The van der Waals surface area contributed by atoms with E-state index in [2.05, 4.69) is 10.6 Å². The van der Waals surface area contributed by atoms with Crippen molar-refractivity contribution in [1.29, 1.82) is 0 Å². The number of halogens is 2. The molecule has 226 valence electrons. The molecule has 11 heteroatoms. The van der Waals surface area contributed by atoms with Crippen LogP contribution in [0.2, 0.25) is 0 Å². The Morgan fingerprint density at radius 1 is 1.20 bits per heavy atom. The summed E-state index contributed by atoms with van der Waals surface area (Å²) in [5.41, 5.74) is 7.50. The lowest BCUT2D eigenvalue weighted by atomic mass is 9.64. The minimum Gasteiger partial charge on any atom is -0.381 e. The van der Waals surface area contributed by atoms with Crippen LogP contribution in [-0.2, 0) is 21.4 Å². The normalized spacial score (nSPS) is 31.1. The van der Waals surface area contributed by atoms with Gasteiger partial charge in [0.05, 0.1) is 17.9 Å². The first-order chi connectivity index (χ1) is 19.6. The second-order valence-electron chi connectivity index (χ2n) is 11.7. The van der Waals surface area contributed by atoms with E-state index in [9.17, 15) is 18.3 Å². The van der Waals surface area contributed by atoms with Crippen molar-refractivity contribution < 1.29 is 27.4 Å². The van der Waals surface area contributed by atoms with Gasteiger partial charge in [-0.05, 0) is 81.2 Å². The quantitative estimate of drug-likeness (QED) is 0.299. The summed E-state index contributed by atoms with van der Waals surface area (Å²) in [7, 11) is -1.20. The van der Waals surface area contributed by atoms with Crippen molar-refractivity contribution in [3.63, 3.8) is 0 Å². The fourth-order valence-electron chi connectivity index (χ4n) is 6.88. The summed E-state index contributed by atoms with van der Waals surface area (Å²) in [5.74, 6) is -0.876. The fraction of sp³-hybridized carbons (Fsp3) is 0.567. The van der Waals surface area contributed by atoms with Crippen LogP contribution < -0.4 is 16.4 Å². The van der Waals surface area contributed by atoms with E-state index in [1.54, 1.807) is 35.7 Å². The number of carbonyl (C=O) groups is 1. The fourth-order valence-corrected chi connectivity index (χ4v) is 8.74. The molecule has 1 aliphatic carbocycles. The van der Waals surface area contributed by atoms with E-state index < -0.39 is 34.0 Å². The molecule has 0 radical (unpaired) electrons. The Morgan fingerprint density at radius 2 is 1.93 bits per heavy atom. The third kappa shape index (κ3) is 6.46. The molecule has 5 rings (SSSR count). The number of methoxy groups -OCH3 is 1. The molecule has 2 bridgehead atoms. The van der Waals surface area contributed by atoms with Crippen LogP contribution in [0.3, 0.4) is 0 Å². The second kappa shape index (κ2) is 12.6. The molecule has 2 heterocycles. The molecule has 41 heavy (non-hydrogen) atoms. The Kier molecular flexibility index (Phi) is 9.34. The number of hydrogen-bond acceptors (Lipinski definition) is 7. The molecule has 1 unspecified atom stereocenters.